The maximum absolute atomic E-state index is 12.3. The number of hydrogen-bond donors (Lipinski definition) is 3. The zero-order valence-electron chi connectivity index (χ0n) is 17.5. The van der Waals surface area contributed by atoms with Crippen molar-refractivity contribution in [3.63, 3.8) is 0 Å². The molecule has 0 saturated carbocycles. The van der Waals surface area contributed by atoms with Crippen LogP contribution in [0, 0.1) is 0 Å². The van der Waals surface area contributed by atoms with Crippen molar-refractivity contribution < 1.29 is 22.7 Å². The van der Waals surface area contributed by atoms with Gasteiger partial charge in [-0.25, -0.2) is 18.5 Å². The number of benzene rings is 2. The number of hydrogen-bond acceptors (Lipinski definition) is 7. The van der Waals surface area contributed by atoms with Gasteiger partial charge >= 0.3 is 0 Å². The number of fused-ring (bicyclic) bond motifs is 1. The topological polar surface area (TPSA) is 140 Å². The van der Waals surface area contributed by atoms with E-state index in [2.05, 4.69) is 15.6 Å². The van der Waals surface area contributed by atoms with Gasteiger partial charge in [-0.1, -0.05) is 18.2 Å². The van der Waals surface area contributed by atoms with Crippen LogP contribution in [0.5, 0.6) is 0 Å². The second kappa shape index (κ2) is 10.6. The van der Waals surface area contributed by atoms with Gasteiger partial charge in [0.15, 0.2) is 0 Å². The van der Waals surface area contributed by atoms with Crippen molar-refractivity contribution in [1.82, 2.24) is 15.6 Å². The highest BCUT2D eigenvalue weighted by molar-refractivity contribution is 7.89. The van der Waals surface area contributed by atoms with Gasteiger partial charge in [0.25, 0.3) is 5.91 Å². The molecule has 1 aromatic heterocycles. The van der Waals surface area contributed by atoms with Crippen LogP contribution in [0.1, 0.15) is 15.4 Å². The summed E-state index contributed by atoms with van der Waals surface area (Å²) in [5.41, 5.74) is 3.14. The van der Waals surface area contributed by atoms with Crippen LogP contribution in [0.4, 0.5) is 0 Å². The van der Waals surface area contributed by atoms with Crippen LogP contribution in [-0.4, -0.2) is 57.8 Å². The highest BCUT2D eigenvalue weighted by Crippen LogP contribution is 2.29. The van der Waals surface area contributed by atoms with Crippen molar-refractivity contribution in [2.45, 2.75) is 6.42 Å². The predicted octanol–water partition coefficient (Wildman–Crippen LogP) is 1.29. The summed E-state index contributed by atoms with van der Waals surface area (Å²) in [5.74, 6) is -0.801. The number of nitrogens with zero attached hydrogens (tertiary/aromatic N) is 1. The van der Waals surface area contributed by atoms with Crippen molar-refractivity contribution in [2.75, 3.05) is 32.6 Å². The summed E-state index contributed by atoms with van der Waals surface area (Å²) >= 11 is 1.39. The quantitative estimate of drug-likeness (QED) is 0.377. The van der Waals surface area contributed by atoms with E-state index in [9.17, 15) is 18.0 Å². The number of carbonyl (C=O) groups is 2. The van der Waals surface area contributed by atoms with Gasteiger partial charge in [-0.05, 0) is 35.4 Å². The molecular weight excluding hydrogens is 452 g/mol. The molecule has 0 unspecified atom stereocenters. The van der Waals surface area contributed by atoms with Gasteiger partial charge < -0.3 is 15.4 Å². The number of nitrogens with two attached hydrogens (primary N) is 1. The molecule has 170 valence electrons. The zero-order chi connectivity index (χ0) is 23.1. The van der Waals surface area contributed by atoms with Crippen LogP contribution in [0.15, 0.2) is 42.5 Å². The highest BCUT2D eigenvalue weighted by atomic mass is 32.2. The molecular formula is C21H24N4O5S2. The minimum atomic E-state index is -3.62. The number of methoxy groups -OCH3 is 1. The summed E-state index contributed by atoms with van der Waals surface area (Å²) in [6, 6.07) is 13.1. The van der Waals surface area contributed by atoms with E-state index in [0.29, 0.717) is 23.7 Å². The average Bonchev–Trinajstić information content (AvgIpc) is 3.14. The van der Waals surface area contributed by atoms with E-state index in [-0.39, 0.29) is 30.5 Å². The van der Waals surface area contributed by atoms with E-state index in [1.165, 1.54) is 11.3 Å². The van der Waals surface area contributed by atoms with Crippen LogP contribution in [0.25, 0.3) is 21.3 Å². The third-order valence-corrected chi connectivity index (χ3v) is 6.29. The summed E-state index contributed by atoms with van der Waals surface area (Å²) in [5, 5.41) is 10.9. The summed E-state index contributed by atoms with van der Waals surface area (Å²) < 4.78 is 27.7. The lowest BCUT2D eigenvalue weighted by Crippen LogP contribution is -2.32. The molecule has 0 bridgehead atoms. The van der Waals surface area contributed by atoms with Gasteiger partial charge in [0.1, 0.15) is 5.01 Å². The molecule has 0 atom stereocenters. The van der Waals surface area contributed by atoms with Crippen LogP contribution in [-0.2, 0) is 26.0 Å². The number of amides is 2. The van der Waals surface area contributed by atoms with Gasteiger partial charge in [-0.3, -0.25) is 9.59 Å². The maximum Gasteiger partial charge on any atom is 0.251 e. The fourth-order valence-corrected chi connectivity index (χ4v) is 4.36. The predicted molar refractivity (Wildman–Crippen MR) is 124 cm³/mol. The maximum atomic E-state index is 12.3. The number of primary sulfonamides is 1. The molecule has 9 nitrogen and oxygen atoms in total. The molecule has 11 heteroatoms. The van der Waals surface area contributed by atoms with E-state index in [1.807, 2.05) is 36.4 Å². The Morgan fingerprint density at radius 3 is 2.62 bits per heavy atom. The number of ether oxygens (including phenoxy) is 1. The largest absolute Gasteiger partial charge is 0.383 e. The second-order valence-corrected chi connectivity index (χ2v) is 9.86. The summed E-state index contributed by atoms with van der Waals surface area (Å²) in [6.07, 6.45) is 0.0520. The van der Waals surface area contributed by atoms with E-state index in [1.54, 1.807) is 13.2 Å². The minimum Gasteiger partial charge on any atom is -0.383 e. The first-order valence-electron chi connectivity index (χ1n) is 9.79. The Balaban J connectivity index is 1.70. The number of sulfonamides is 1. The van der Waals surface area contributed by atoms with E-state index in [4.69, 9.17) is 9.88 Å². The van der Waals surface area contributed by atoms with E-state index < -0.39 is 10.0 Å². The van der Waals surface area contributed by atoms with Gasteiger partial charge in [-0.2, -0.15) is 0 Å². The van der Waals surface area contributed by atoms with Crippen molar-refractivity contribution in [1.29, 1.82) is 0 Å². The monoisotopic (exact) mass is 476 g/mol. The van der Waals surface area contributed by atoms with Gasteiger partial charge in [-0.15, -0.1) is 11.3 Å². The number of carbonyl (C=O) groups excluding carboxylic acids is 2. The van der Waals surface area contributed by atoms with Crippen LogP contribution >= 0.6 is 11.3 Å². The first-order chi connectivity index (χ1) is 15.2. The SMILES string of the molecule is COCCNC(=O)c1cccc(-c2ccc3nc(CC(=O)NCCS(N)(=O)=O)sc3c2)c1. The molecule has 1 heterocycles. The summed E-state index contributed by atoms with van der Waals surface area (Å²) in [6.45, 7) is 0.840. The van der Waals surface area contributed by atoms with Gasteiger partial charge in [0.2, 0.25) is 15.9 Å². The standard InChI is InChI=1S/C21H24N4O5S2/c1-30-9-7-24-21(27)16-4-2-3-14(11-16)15-5-6-17-18(12-15)31-20(25-17)13-19(26)23-8-10-32(22,28)29/h2-6,11-12H,7-10,13H2,1H3,(H,23,26)(H,24,27)(H2,22,28,29). The molecule has 3 aromatic rings. The Bertz CT molecular complexity index is 1220. The van der Waals surface area contributed by atoms with Gasteiger partial charge in [0.05, 0.1) is 29.0 Å². The minimum absolute atomic E-state index is 0.0396. The van der Waals surface area contributed by atoms with Gasteiger partial charge in [0, 0.05) is 25.8 Å². The van der Waals surface area contributed by atoms with Crippen LogP contribution < -0.4 is 15.8 Å². The molecule has 0 aliphatic rings. The third-order valence-electron chi connectivity index (χ3n) is 4.50. The smallest absolute Gasteiger partial charge is 0.251 e. The van der Waals surface area contributed by atoms with Crippen molar-refractivity contribution in [3.05, 3.63) is 53.0 Å². The van der Waals surface area contributed by atoms with Crippen molar-refractivity contribution >= 4 is 43.4 Å². The lowest BCUT2D eigenvalue weighted by molar-refractivity contribution is -0.120. The number of thiazole rings is 1. The fourth-order valence-electron chi connectivity index (χ4n) is 2.97. The second-order valence-electron chi connectivity index (χ2n) is 7.01. The molecule has 0 radical (unpaired) electrons. The van der Waals surface area contributed by atoms with Crippen LogP contribution in [0.3, 0.4) is 0 Å². The zero-order valence-corrected chi connectivity index (χ0v) is 19.1. The first kappa shape index (κ1) is 23.8. The molecule has 3 rings (SSSR count). The molecule has 0 fully saturated rings. The Hall–Kier alpha value is -2.86. The number of rotatable bonds is 10. The molecule has 2 aromatic carbocycles. The molecule has 0 saturated heterocycles. The summed E-state index contributed by atoms with van der Waals surface area (Å²) in [4.78, 5) is 28.8. The lowest BCUT2D eigenvalue weighted by Gasteiger charge is -2.07. The molecule has 2 amide bonds. The highest BCUT2D eigenvalue weighted by Gasteiger charge is 2.12. The molecule has 4 N–H and O–H groups in total. The van der Waals surface area contributed by atoms with Crippen molar-refractivity contribution in [2.24, 2.45) is 5.14 Å². The lowest BCUT2D eigenvalue weighted by atomic mass is 10.0. The Morgan fingerprint density at radius 2 is 1.88 bits per heavy atom. The fraction of sp³-hybridized carbons (Fsp3) is 0.286. The number of aromatic nitrogens is 1. The Labute approximate surface area is 190 Å². The van der Waals surface area contributed by atoms with E-state index in [0.717, 1.165) is 21.3 Å². The Kier molecular flexibility index (Phi) is 7.91. The molecule has 32 heavy (non-hydrogen) atoms. The van der Waals surface area contributed by atoms with E-state index >= 15 is 0 Å². The number of nitrogens with one attached hydrogen (secondary N) is 2. The molecule has 0 aliphatic carbocycles. The van der Waals surface area contributed by atoms with Crippen LogP contribution in [0.2, 0.25) is 0 Å². The average molecular weight is 477 g/mol. The molecule has 0 spiro atoms. The third kappa shape index (κ3) is 6.82. The molecule has 0 aliphatic heterocycles. The van der Waals surface area contributed by atoms with Crippen molar-refractivity contribution in [3.8, 4) is 11.1 Å². The normalized spacial score (nSPS) is 11.4. The first-order valence-corrected chi connectivity index (χ1v) is 12.3. The summed E-state index contributed by atoms with van der Waals surface area (Å²) in [7, 11) is -2.04. The Morgan fingerprint density at radius 1 is 1.09 bits per heavy atom.